The molecule has 0 saturated carbocycles. The van der Waals surface area contributed by atoms with Crippen molar-refractivity contribution < 1.29 is 4.79 Å². The molecule has 0 aromatic carbocycles. The van der Waals surface area contributed by atoms with Crippen LogP contribution >= 0.6 is 0 Å². The molecular formula is C16H26O. The average Bonchev–Trinajstić information content (AvgIpc) is 2.40. The molecule has 0 spiro atoms. The lowest BCUT2D eigenvalue weighted by molar-refractivity contribution is -0.112. The maximum absolute atomic E-state index is 12.4. The van der Waals surface area contributed by atoms with Crippen LogP contribution in [-0.4, -0.2) is 5.78 Å². The molecule has 0 N–H and O–H groups in total. The number of carbonyl (C=O) groups is 1. The fourth-order valence-electron chi connectivity index (χ4n) is 2.37. The Morgan fingerprint density at radius 2 is 1.88 bits per heavy atom. The number of unbranched alkanes of at least 4 members (excludes halogenated alkanes) is 1. The monoisotopic (exact) mass is 234 g/mol. The second kappa shape index (κ2) is 5.20. The zero-order chi connectivity index (χ0) is 13.2. The van der Waals surface area contributed by atoms with Gasteiger partial charge in [0.15, 0.2) is 5.78 Å². The van der Waals surface area contributed by atoms with Crippen LogP contribution in [0.1, 0.15) is 60.8 Å². The van der Waals surface area contributed by atoms with Crippen molar-refractivity contribution in [1.29, 1.82) is 0 Å². The lowest BCUT2D eigenvalue weighted by Crippen LogP contribution is -2.09. The highest BCUT2D eigenvalue weighted by Gasteiger charge is 2.32. The van der Waals surface area contributed by atoms with E-state index < -0.39 is 0 Å². The normalized spacial score (nSPS) is 24.0. The van der Waals surface area contributed by atoms with Gasteiger partial charge in [-0.15, -0.1) is 0 Å². The minimum absolute atomic E-state index is 0.0831. The molecule has 17 heavy (non-hydrogen) atoms. The van der Waals surface area contributed by atoms with Crippen LogP contribution < -0.4 is 0 Å². The van der Waals surface area contributed by atoms with Crippen LogP contribution in [0.25, 0.3) is 0 Å². The van der Waals surface area contributed by atoms with Gasteiger partial charge < -0.3 is 0 Å². The van der Waals surface area contributed by atoms with Gasteiger partial charge in [0.1, 0.15) is 0 Å². The van der Waals surface area contributed by atoms with E-state index in [-0.39, 0.29) is 5.41 Å². The summed E-state index contributed by atoms with van der Waals surface area (Å²) >= 11 is 0. The predicted octanol–water partition coefficient (Wildman–Crippen LogP) is 4.68. The summed E-state index contributed by atoms with van der Waals surface area (Å²) in [6.45, 7) is 12.9. The van der Waals surface area contributed by atoms with Crippen molar-refractivity contribution in [3.05, 3.63) is 22.8 Å². The Morgan fingerprint density at radius 3 is 2.35 bits per heavy atom. The van der Waals surface area contributed by atoms with Crippen molar-refractivity contribution in [2.45, 2.75) is 60.8 Å². The van der Waals surface area contributed by atoms with Crippen molar-refractivity contribution in [2.24, 2.45) is 11.3 Å². The quantitative estimate of drug-likeness (QED) is 0.648. The minimum atomic E-state index is 0.0831. The maximum atomic E-state index is 12.4. The molecule has 0 fully saturated rings. The van der Waals surface area contributed by atoms with Crippen LogP contribution in [0.5, 0.6) is 0 Å². The van der Waals surface area contributed by atoms with E-state index >= 15 is 0 Å². The number of hydrogen-bond donors (Lipinski definition) is 0. The third-order valence-electron chi connectivity index (χ3n) is 3.50. The van der Waals surface area contributed by atoms with Crippen molar-refractivity contribution in [3.8, 4) is 0 Å². The third kappa shape index (κ3) is 3.31. The summed E-state index contributed by atoms with van der Waals surface area (Å²) < 4.78 is 0. The molecule has 0 radical (unpaired) electrons. The van der Waals surface area contributed by atoms with E-state index in [1.807, 2.05) is 0 Å². The molecule has 1 nitrogen and oxygen atoms in total. The highest BCUT2D eigenvalue weighted by molar-refractivity contribution is 6.12. The molecule has 0 unspecified atom stereocenters. The summed E-state index contributed by atoms with van der Waals surface area (Å²) in [6.07, 6.45) is 5.38. The molecule has 1 aliphatic rings. The van der Waals surface area contributed by atoms with Crippen LogP contribution in [0.3, 0.4) is 0 Å². The second-order valence-corrected chi connectivity index (χ2v) is 6.28. The van der Waals surface area contributed by atoms with E-state index in [1.165, 1.54) is 5.57 Å². The second-order valence-electron chi connectivity index (χ2n) is 6.28. The number of rotatable bonds is 3. The van der Waals surface area contributed by atoms with Gasteiger partial charge in [-0.3, -0.25) is 4.79 Å². The number of hydrogen-bond acceptors (Lipinski definition) is 1. The first-order valence-electron chi connectivity index (χ1n) is 6.75. The molecule has 96 valence electrons. The Hall–Kier alpha value is -0.850. The number of allylic oxidation sites excluding steroid dienone is 4. The van der Waals surface area contributed by atoms with Crippen molar-refractivity contribution in [2.75, 3.05) is 0 Å². The lowest BCUT2D eigenvalue weighted by Gasteiger charge is -2.16. The van der Waals surface area contributed by atoms with E-state index in [2.05, 4.69) is 47.6 Å². The van der Waals surface area contributed by atoms with Crippen LogP contribution in [0.4, 0.5) is 0 Å². The minimum Gasteiger partial charge on any atom is -0.289 e. The molecule has 0 aromatic rings. The molecule has 0 bridgehead atoms. The third-order valence-corrected chi connectivity index (χ3v) is 3.50. The van der Waals surface area contributed by atoms with Gasteiger partial charge >= 0.3 is 0 Å². The summed E-state index contributed by atoms with van der Waals surface area (Å²) in [7, 11) is 0. The fourth-order valence-corrected chi connectivity index (χ4v) is 2.37. The summed E-state index contributed by atoms with van der Waals surface area (Å²) in [5.74, 6) is 0.618. The largest absolute Gasteiger partial charge is 0.289 e. The average molecular weight is 234 g/mol. The zero-order valence-corrected chi connectivity index (χ0v) is 12.2. The zero-order valence-electron chi connectivity index (χ0n) is 12.2. The molecule has 1 atom stereocenters. The van der Waals surface area contributed by atoms with Gasteiger partial charge in [0.25, 0.3) is 0 Å². The first-order valence-corrected chi connectivity index (χ1v) is 6.75. The fraction of sp³-hybridized carbons (Fsp3) is 0.688. The van der Waals surface area contributed by atoms with Gasteiger partial charge in [-0.1, -0.05) is 52.7 Å². The SMILES string of the molecule is CCCCC1=C(C)[C@@H](C)/C(=C/C(C)(C)C)C1=O. The maximum Gasteiger partial charge on any atom is 0.185 e. The van der Waals surface area contributed by atoms with Crippen molar-refractivity contribution in [3.63, 3.8) is 0 Å². The smallest absolute Gasteiger partial charge is 0.185 e. The van der Waals surface area contributed by atoms with Crippen molar-refractivity contribution in [1.82, 2.24) is 0 Å². The standard InChI is InChI=1S/C16H26O/c1-7-8-9-13-11(2)12(3)14(15(13)17)10-16(4,5)6/h10,12H,7-9H2,1-6H3/b14-10-/t12-/m1/s1. The van der Waals surface area contributed by atoms with E-state index in [9.17, 15) is 4.79 Å². The molecule has 1 rings (SSSR count). The Balaban J connectivity index is 2.99. The Kier molecular flexibility index (Phi) is 4.35. The van der Waals surface area contributed by atoms with Crippen LogP contribution in [0.2, 0.25) is 0 Å². The molecule has 0 aliphatic heterocycles. The first-order chi connectivity index (χ1) is 7.78. The molecule has 1 heteroatoms. The van der Waals surface area contributed by atoms with Gasteiger partial charge in [-0.25, -0.2) is 0 Å². The summed E-state index contributed by atoms with van der Waals surface area (Å²) in [6, 6.07) is 0. The molecule has 1 aliphatic carbocycles. The first kappa shape index (κ1) is 14.2. The van der Waals surface area contributed by atoms with Gasteiger partial charge in [0, 0.05) is 11.5 Å². The van der Waals surface area contributed by atoms with E-state index in [0.29, 0.717) is 11.7 Å². The Labute approximate surface area is 106 Å². The number of Topliss-reactive ketones (excluding diaryl/α,β-unsaturated/α-hetero) is 1. The molecule has 0 heterocycles. The number of carbonyl (C=O) groups excluding carboxylic acids is 1. The van der Waals surface area contributed by atoms with Crippen LogP contribution in [-0.2, 0) is 4.79 Å². The Morgan fingerprint density at radius 1 is 1.29 bits per heavy atom. The van der Waals surface area contributed by atoms with E-state index in [0.717, 1.165) is 30.4 Å². The molecule has 0 saturated heterocycles. The highest BCUT2D eigenvalue weighted by atomic mass is 16.1. The van der Waals surface area contributed by atoms with Gasteiger partial charge in [-0.2, -0.15) is 0 Å². The molecule has 0 aromatic heterocycles. The van der Waals surface area contributed by atoms with Gasteiger partial charge in [-0.05, 0) is 30.8 Å². The number of ketones is 1. The summed E-state index contributed by atoms with van der Waals surface area (Å²) in [4.78, 5) is 12.4. The summed E-state index contributed by atoms with van der Waals surface area (Å²) in [5, 5.41) is 0. The van der Waals surface area contributed by atoms with Gasteiger partial charge in [0.2, 0.25) is 0 Å². The highest BCUT2D eigenvalue weighted by Crippen LogP contribution is 2.37. The topological polar surface area (TPSA) is 17.1 Å². The lowest BCUT2D eigenvalue weighted by atomic mass is 9.88. The van der Waals surface area contributed by atoms with Crippen LogP contribution in [0.15, 0.2) is 22.8 Å². The van der Waals surface area contributed by atoms with Gasteiger partial charge in [0.05, 0.1) is 0 Å². The Bertz CT molecular complexity index is 363. The predicted molar refractivity (Wildman–Crippen MR) is 73.9 cm³/mol. The van der Waals surface area contributed by atoms with Crippen LogP contribution in [0, 0.1) is 11.3 Å². The van der Waals surface area contributed by atoms with Crippen molar-refractivity contribution >= 4 is 5.78 Å². The molecular weight excluding hydrogens is 208 g/mol. The summed E-state index contributed by atoms with van der Waals surface area (Å²) in [5.41, 5.74) is 3.47. The molecule has 0 amide bonds. The van der Waals surface area contributed by atoms with E-state index in [1.54, 1.807) is 0 Å². The van der Waals surface area contributed by atoms with E-state index in [4.69, 9.17) is 0 Å².